The van der Waals surface area contributed by atoms with E-state index in [2.05, 4.69) is 0 Å². The summed E-state index contributed by atoms with van der Waals surface area (Å²) in [6, 6.07) is 6.65. The summed E-state index contributed by atoms with van der Waals surface area (Å²) in [6.45, 7) is -0.0949. The highest BCUT2D eigenvalue weighted by Crippen LogP contribution is 2.32. The molecule has 1 saturated carbocycles. The number of carboxylic acid groups (broad SMARTS) is 1. The molecule has 6 nitrogen and oxygen atoms in total. The van der Waals surface area contributed by atoms with Gasteiger partial charge in [-0.05, 0) is 25.0 Å². The molecule has 0 aromatic heterocycles. The monoisotopic (exact) mass is 312 g/mol. The molecule has 0 saturated heterocycles. The average molecular weight is 312 g/mol. The van der Waals surface area contributed by atoms with E-state index in [0.29, 0.717) is 24.2 Å². The van der Waals surface area contributed by atoms with Crippen molar-refractivity contribution in [3.8, 4) is 0 Å². The van der Waals surface area contributed by atoms with Crippen molar-refractivity contribution >= 4 is 27.4 Å². The zero-order valence-electron chi connectivity index (χ0n) is 11.7. The van der Waals surface area contributed by atoms with Crippen LogP contribution in [0.4, 0.5) is 11.4 Å². The van der Waals surface area contributed by atoms with Crippen LogP contribution in [0.25, 0.3) is 0 Å². The minimum Gasteiger partial charge on any atom is -0.481 e. The average Bonchev–Trinajstić information content (AvgIpc) is 2.95. The lowest BCUT2D eigenvalue weighted by Gasteiger charge is -2.28. The molecule has 21 heavy (non-hydrogen) atoms. The summed E-state index contributed by atoms with van der Waals surface area (Å²) in [4.78, 5) is 10.8. The number of para-hydroxylation sites is 2. The van der Waals surface area contributed by atoms with Gasteiger partial charge in [0.05, 0.1) is 23.0 Å². The lowest BCUT2D eigenvalue weighted by molar-refractivity contribution is -0.136. The van der Waals surface area contributed by atoms with Crippen molar-refractivity contribution in [3.05, 3.63) is 24.3 Å². The molecule has 0 atom stereocenters. The molecule has 2 rings (SSSR count). The molecule has 1 aromatic carbocycles. The Balaban J connectivity index is 2.36. The van der Waals surface area contributed by atoms with E-state index in [1.807, 2.05) is 0 Å². The predicted molar refractivity (Wildman–Crippen MR) is 81.6 cm³/mol. The number of anilines is 2. The third kappa shape index (κ3) is 3.47. The predicted octanol–water partition coefficient (Wildman–Crippen LogP) is 1.82. The third-order valence-electron chi connectivity index (χ3n) is 3.76. The largest absolute Gasteiger partial charge is 0.481 e. The van der Waals surface area contributed by atoms with E-state index in [9.17, 15) is 13.2 Å². The summed E-state index contributed by atoms with van der Waals surface area (Å²) < 4.78 is 26.7. The van der Waals surface area contributed by atoms with Gasteiger partial charge in [0.25, 0.3) is 0 Å². The molecule has 0 heterocycles. The first-order chi connectivity index (χ1) is 9.93. The molecule has 0 spiro atoms. The van der Waals surface area contributed by atoms with E-state index in [1.54, 1.807) is 24.3 Å². The van der Waals surface area contributed by atoms with Gasteiger partial charge < -0.3 is 10.8 Å². The molecule has 3 N–H and O–H groups in total. The number of hydrogen-bond acceptors (Lipinski definition) is 4. The van der Waals surface area contributed by atoms with Gasteiger partial charge in [0.1, 0.15) is 0 Å². The highest BCUT2D eigenvalue weighted by Gasteiger charge is 2.35. The number of nitrogen functional groups attached to an aromatic ring is 1. The number of aliphatic carboxylic acids is 1. The normalized spacial score (nSPS) is 16.0. The van der Waals surface area contributed by atoms with Gasteiger partial charge >= 0.3 is 5.97 Å². The van der Waals surface area contributed by atoms with Gasteiger partial charge in [-0.15, -0.1) is 0 Å². The molecular weight excluding hydrogens is 292 g/mol. The number of benzene rings is 1. The Kier molecular flexibility index (Phi) is 4.72. The Labute approximate surface area is 124 Å². The third-order valence-corrected chi connectivity index (χ3v) is 6.07. The summed E-state index contributed by atoms with van der Waals surface area (Å²) in [5.41, 5.74) is 6.57. The van der Waals surface area contributed by atoms with Gasteiger partial charge in [-0.25, -0.2) is 8.42 Å². The highest BCUT2D eigenvalue weighted by atomic mass is 32.2. The van der Waals surface area contributed by atoms with E-state index in [4.69, 9.17) is 10.8 Å². The second-order valence-electron chi connectivity index (χ2n) is 5.23. The maximum absolute atomic E-state index is 12.8. The van der Waals surface area contributed by atoms with Crippen LogP contribution in [0.15, 0.2) is 24.3 Å². The molecule has 0 unspecified atom stereocenters. The van der Waals surface area contributed by atoms with Crippen molar-refractivity contribution in [2.75, 3.05) is 16.6 Å². The summed E-state index contributed by atoms with van der Waals surface area (Å²) in [5, 5.41) is 8.42. The van der Waals surface area contributed by atoms with Gasteiger partial charge in [-0.3, -0.25) is 9.10 Å². The van der Waals surface area contributed by atoms with Crippen LogP contribution in [0, 0.1) is 0 Å². The van der Waals surface area contributed by atoms with Crippen LogP contribution in [-0.4, -0.2) is 31.3 Å². The number of nitrogens with zero attached hydrogens (tertiary/aromatic N) is 1. The van der Waals surface area contributed by atoms with E-state index >= 15 is 0 Å². The number of carboxylic acids is 1. The Bertz CT molecular complexity index is 609. The fraction of sp³-hybridized carbons (Fsp3) is 0.500. The Morgan fingerprint density at radius 2 is 1.90 bits per heavy atom. The van der Waals surface area contributed by atoms with Gasteiger partial charge in [0.15, 0.2) is 0 Å². The van der Waals surface area contributed by atoms with Crippen LogP contribution >= 0.6 is 0 Å². The maximum atomic E-state index is 12.8. The molecule has 0 amide bonds. The fourth-order valence-corrected chi connectivity index (χ4v) is 4.74. The molecule has 0 aliphatic heterocycles. The zero-order valence-corrected chi connectivity index (χ0v) is 12.6. The lowest BCUT2D eigenvalue weighted by Crippen LogP contribution is -2.39. The Morgan fingerprint density at radius 1 is 1.29 bits per heavy atom. The van der Waals surface area contributed by atoms with Gasteiger partial charge in [-0.1, -0.05) is 25.0 Å². The van der Waals surface area contributed by atoms with Crippen molar-refractivity contribution in [3.63, 3.8) is 0 Å². The van der Waals surface area contributed by atoms with Crippen LogP contribution in [0.2, 0.25) is 0 Å². The molecule has 7 heteroatoms. The smallest absolute Gasteiger partial charge is 0.305 e. The minimum absolute atomic E-state index is 0.0949. The molecule has 1 fully saturated rings. The fourth-order valence-electron chi connectivity index (χ4n) is 2.66. The number of nitrogens with two attached hydrogens (primary N) is 1. The summed E-state index contributed by atoms with van der Waals surface area (Å²) >= 11 is 0. The SMILES string of the molecule is Nc1ccccc1N(CCC(=O)O)S(=O)(=O)C1CCCC1. The lowest BCUT2D eigenvalue weighted by atomic mass is 10.2. The van der Waals surface area contributed by atoms with Crippen molar-refractivity contribution in [2.24, 2.45) is 0 Å². The van der Waals surface area contributed by atoms with E-state index in [1.165, 1.54) is 4.31 Å². The van der Waals surface area contributed by atoms with Crippen LogP contribution in [-0.2, 0) is 14.8 Å². The Morgan fingerprint density at radius 3 is 2.48 bits per heavy atom. The molecular formula is C14H20N2O4S. The van der Waals surface area contributed by atoms with Crippen molar-refractivity contribution < 1.29 is 18.3 Å². The number of sulfonamides is 1. The van der Waals surface area contributed by atoms with Crippen LogP contribution < -0.4 is 10.0 Å². The van der Waals surface area contributed by atoms with Crippen LogP contribution in [0.1, 0.15) is 32.1 Å². The van der Waals surface area contributed by atoms with Crippen LogP contribution in [0.3, 0.4) is 0 Å². The van der Waals surface area contributed by atoms with Gasteiger partial charge in [0, 0.05) is 6.54 Å². The van der Waals surface area contributed by atoms with Crippen molar-refractivity contribution in [1.82, 2.24) is 0 Å². The molecule has 1 aromatic rings. The summed E-state index contributed by atoms with van der Waals surface area (Å²) in [5.74, 6) is -1.03. The second kappa shape index (κ2) is 6.34. The van der Waals surface area contributed by atoms with E-state index in [-0.39, 0.29) is 13.0 Å². The topological polar surface area (TPSA) is 101 Å². The molecule has 0 radical (unpaired) electrons. The summed E-state index contributed by atoms with van der Waals surface area (Å²) in [7, 11) is -3.58. The minimum atomic E-state index is -3.58. The van der Waals surface area contributed by atoms with E-state index < -0.39 is 21.2 Å². The van der Waals surface area contributed by atoms with Crippen LogP contribution in [0.5, 0.6) is 0 Å². The van der Waals surface area contributed by atoms with Gasteiger partial charge in [0.2, 0.25) is 10.0 Å². The Hall–Kier alpha value is -1.76. The molecule has 116 valence electrons. The molecule has 0 bridgehead atoms. The first kappa shape index (κ1) is 15.6. The maximum Gasteiger partial charge on any atom is 0.305 e. The molecule has 1 aliphatic carbocycles. The standard InChI is InChI=1S/C14H20N2O4S/c15-12-7-3-4-8-13(12)16(10-9-14(17)18)21(19,20)11-5-1-2-6-11/h3-4,7-8,11H,1-2,5-6,9-10,15H2,(H,17,18). The van der Waals surface area contributed by atoms with Gasteiger partial charge in [-0.2, -0.15) is 0 Å². The van der Waals surface area contributed by atoms with Crippen molar-refractivity contribution in [1.29, 1.82) is 0 Å². The summed E-state index contributed by atoms with van der Waals surface area (Å²) in [6.07, 6.45) is 2.78. The number of carbonyl (C=O) groups is 1. The molecule has 1 aliphatic rings. The number of rotatable bonds is 6. The first-order valence-electron chi connectivity index (χ1n) is 7.01. The van der Waals surface area contributed by atoms with E-state index in [0.717, 1.165) is 12.8 Å². The van der Waals surface area contributed by atoms with Crippen molar-refractivity contribution in [2.45, 2.75) is 37.4 Å². The quantitative estimate of drug-likeness (QED) is 0.780. The second-order valence-corrected chi connectivity index (χ2v) is 7.36. The number of hydrogen-bond donors (Lipinski definition) is 2. The highest BCUT2D eigenvalue weighted by molar-refractivity contribution is 7.93. The zero-order chi connectivity index (χ0) is 15.5. The first-order valence-corrected chi connectivity index (χ1v) is 8.51.